The molecule has 0 aliphatic carbocycles. The Bertz CT molecular complexity index is 770. The molecule has 5 heteroatoms. The van der Waals surface area contributed by atoms with Crippen LogP contribution in [0.15, 0.2) is 78.2 Å². The van der Waals surface area contributed by atoms with Gasteiger partial charge in [0.2, 0.25) is 5.95 Å². The van der Waals surface area contributed by atoms with Gasteiger partial charge in [0.25, 0.3) is 0 Å². The highest BCUT2D eigenvalue weighted by atomic mass is 15.4. The Hall–Kier alpha value is -3.21. The van der Waals surface area contributed by atoms with Crippen molar-refractivity contribution in [3.05, 3.63) is 84.2 Å². The Morgan fingerprint density at radius 3 is 2.38 bits per heavy atom. The number of hydrazone groups is 1. The van der Waals surface area contributed by atoms with Crippen molar-refractivity contribution in [3.63, 3.8) is 0 Å². The van der Waals surface area contributed by atoms with E-state index in [4.69, 9.17) is 0 Å². The molecule has 3 aromatic rings. The van der Waals surface area contributed by atoms with Gasteiger partial charge in [-0.05, 0) is 29.3 Å². The van der Waals surface area contributed by atoms with E-state index in [0.29, 0.717) is 12.5 Å². The molecule has 3 rings (SSSR count). The molecule has 24 heavy (non-hydrogen) atoms. The highest BCUT2D eigenvalue weighted by molar-refractivity contribution is 5.80. The Kier molecular flexibility index (Phi) is 5.14. The number of anilines is 2. The average molecular weight is 317 g/mol. The SMILES string of the molecule is CN(/N=C/c1ccc(CNc2ncccn2)cc1)c1ccccc1. The maximum Gasteiger partial charge on any atom is 0.222 e. The third kappa shape index (κ3) is 4.39. The summed E-state index contributed by atoms with van der Waals surface area (Å²) < 4.78 is 0. The summed E-state index contributed by atoms with van der Waals surface area (Å²) in [5.74, 6) is 0.632. The van der Waals surface area contributed by atoms with Crippen LogP contribution >= 0.6 is 0 Å². The Morgan fingerprint density at radius 1 is 0.958 bits per heavy atom. The Labute approximate surface area is 141 Å². The number of rotatable bonds is 6. The number of benzene rings is 2. The van der Waals surface area contributed by atoms with Crippen LogP contribution in [0.25, 0.3) is 0 Å². The molecule has 0 aliphatic rings. The van der Waals surface area contributed by atoms with Gasteiger partial charge in [0.1, 0.15) is 0 Å². The van der Waals surface area contributed by atoms with Crippen molar-refractivity contribution in [3.8, 4) is 0 Å². The summed E-state index contributed by atoms with van der Waals surface area (Å²) in [6.45, 7) is 0.686. The zero-order valence-electron chi connectivity index (χ0n) is 13.5. The Morgan fingerprint density at radius 2 is 1.67 bits per heavy atom. The zero-order valence-corrected chi connectivity index (χ0v) is 13.5. The molecule has 0 spiro atoms. The molecule has 1 aromatic heterocycles. The summed E-state index contributed by atoms with van der Waals surface area (Å²) >= 11 is 0. The lowest BCUT2D eigenvalue weighted by Gasteiger charge is -2.12. The van der Waals surface area contributed by atoms with Crippen molar-refractivity contribution in [1.29, 1.82) is 0 Å². The first-order valence-electron chi connectivity index (χ1n) is 7.74. The van der Waals surface area contributed by atoms with E-state index in [2.05, 4.69) is 32.5 Å². The quantitative estimate of drug-likeness (QED) is 0.558. The van der Waals surface area contributed by atoms with Crippen LogP contribution in [-0.4, -0.2) is 23.2 Å². The lowest BCUT2D eigenvalue weighted by molar-refractivity contribution is 1.02. The second kappa shape index (κ2) is 7.87. The molecule has 120 valence electrons. The standard InChI is InChI=1S/C19H19N5/c1-24(18-6-3-2-4-7-18)23-15-17-10-8-16(9-11-17)14-22-19-20-12-5-13-21-19/h2-13,15H,14H2,1H3,(H,20,21,22)/b23-15+. The highest BCUT2D eigenvalue weighted by Gasteiger charge is 1.98. The highest BCUT2D eigenvalue weighted by Crippen LogP contribution is 2.11. The predicted octanol–water partition coefficient (Wildman–Crippen LogP) is 3.56. The van der Waals surface area contributed by atoms with Crippen LogP contribution in [0, 0.1) is 0 Å². The van der Waals surface area contributed by atoms with Gasteiger partial charge in [0.05, 0.1) is 11.9 Å². The van der Waals surface area contributed by atoms with E-state index >= 15 is 0 Å². The van der Waals surface area contributed by atoms with Gasteiger partial charge in [0, 0.05) is 26.0 Å². The van der Waals surface area contributed by atoms with Crippen LogP contribution in [0.4, 0.5) is 11.6 Å². The van der Waals surface area contributed by atoms with E-state index in [9.17, 15) is 0 Å². The summed E-state index contributed by atoms with van der Waals surface area (Å²) in [6, 6.07) is 20.1. The summed E-state index contributed by atoms with van der Waals surface area (Å²) in [7, 11) is 1.93. The van der Waals surface area contributed by atoms with Crippen LogP contribution < -0.4 is 10.3 Å². The number of nitrogens with one attached hydrogen (secondary N) is 1. The third-order valence-corrected chi connectivity index (χ3v) is 3.51. The minimum Gasteiger partial charge on any atom is -0.350 e. The van der Waals surface area contributed by atoms with E-state index < -0.39 is 0 Å². The second-order valence-electron chi connectivity index (χ2n) is 5.27. The van der Waals surface area contributed by atoms with Crippen molar-refractivity contribution < 1.29 is 0 Å². The molecule has 5 nitrogen and oxygen atoms in total. The molecular formula is C19H19N5. The van der Waals surface area contributed by atoms with E-state index in [1.807, 2.05) is 60.7 Å². The van der Waals surface area contributed by atoms with Crippen molar-refractivity contribution in [2.75, 3.05) is 17.4 Å². The lowest BCUT2D eigenvalue weighted by Crippen LogP contribution is -2.08. The summed E-state index contributed by atoms with van der Waals surface area (Å²) in [5, 5.41) is 9.50. The molecule has 0 aliphatic heterocycles. The smallest absolute Gasteiger partial charge is 0.222 e. The van der Waals surface area contributed by atoms with E-state index in [1.165, 1.54) is 0 Å². The zero-order chi connectivity index (χ0) is 16.6. The van der Waals surface area contributed by atoms with Gasteiger partial charge in [-0.3, -0.25) is 5.01 Å². The monoisotopic (exact) mass is 317 g/mol. The molecule has 0 saturated carbocycles. The summed E-state index contributed by atoms with van der Waals surface area (Å²) in [6.07, 6.45) is 5.29. The van der Waals surface area contributed by atoms with Gasteiger partial charge < -0.3 is 5.32 Å². The minimum atomic E-state index is 0.632. The van der Waals surface area contributed by atoms with Crippen LogP contribution in [0.2, 0.25) is 0 Å². The van der Waals surface area contributed by atoms with Gasteiger partial charge >= 0.3 is 0 Å². The fourth-order valence-corrected chi connectivity index (χ4v) is 2.16. The molecule has 0 atom stereocenters. The fraction of sp³-hybridized carbons (Fsp3) is 0.105. The number of nitrogens with zero attached hydrogens (tertiary/aromatic N) is 4. The first-order chi connectivity index (χ1) is 11.8. The van der Waals surface area contributed by atoms with Crippen LogP contribution in [0.5, 0.6) is 0 Å². The molecule has 0 amide bonds. The van der Waals surface area contributed by atoms with Gasteiger partial charge in [0.15, 0.2) is 0 Å². The van der Waals surface area contributed by atoms with Gasteiger partial charge in [-0.25, -0.2) is 9.97 Å². The number of aromatic nitrogens is 2. The molecule has 0 fully saturated rings. The van der Waals surface area contributed by atoms with Crippen LogP contribution in [0.3, 0.4) is 0 Å². The van der Waals surface area contributed by atoms with Gasteiger partial charge in [-0.1, -0.05) is 42.5 Å². The largest absolute Gasteiger partial charge is 0.350 e. The minimum absolute atomic E-state index is 0.632. The number of para-hydroxylation sites is 1. The summed E-state index contributed by atoms with van der Waals surface area (Å²) in [4.78, 5) is 8.28. The predicted molar refractivity (Wildman–Crippen MR) is 98.2 cm³/mol. The molecule has 1 heterocycles. The van der Waals surface area contributed by atoms with Crippen molar-refractivity contribution >= 4 is 17.9 Å². The van der Waals surface area contributed by atoms with Crippen molar-refractivity contribution in [2.24, 2.45) is 5.10 Å². The Balaban J connectivity index is 1.57. The van der Waals surface area contributed by atoms with E-state index in [0.717, 1.165) is 16.8 Å². The topological polar surface area (TPSA) is 53.4 Å². The van der Waals surface area contributed by atoms with Crippen molar-refractivity contribution in [2.45, 2.75) is 6.54 Å². The van der Waals surface area contributed by atoms with Crippen LogP contribution in [-0.2, 0) is 6.54 Å². The number of hydrogen-bond acceptors (Lipinski definition) is 5. The molecular weight excluding hydrogens is 298 g/mol. The first kappa shape index (κ1) is 15.7. The van der Waals surface area contributed by atoms with E-state index in [1.54, 1.807) is 18.5 Å². The lowest BCUT2D eigenvalue weighted by atomic mass is 10.1. The average Bonchev–Trinajstić information content (AvgIpc) is 2.67. The number of hydrogen-bond donors (Lipinski definition) is 1. The first-order valence-corrected chi connectivity index (χ1v) is 7.74. The maximum absolute atomic E-state index is 4.46. The molecule has 0 bridgehead atoms. The third-order valence-electron chi connectivity index (χ3n) is 3.51. The summed E-state index contributed by atoms with van der Waals surface area (Å²) in [5.41, 5.74) is 3.27. The molecule has 0 unspecified atom stereocenters. The maximum atomic E-state index is 4.46. The normalized spacial score (nSPS) is 10.7. The fourth-order valence-electron chi connectivity index (χ4n) is 2.16. The van der Waals surface area contributed by atoms with Gasteiger partial charge in [-0.2, -0.15) is 5.10 Å². The van der Waals surface area contributed by atoms with Gasteiger partial charge in [-0.15, -0.1) is 0 Å². The van der Waals surface area contributed by atoms with Crippen LogP contribution in [0.1, 0.15) is 11.1 Å². The molecule has 0 saturated heterocycles. The second-order valence-corrected chi connectivity index (χ2v) is 5.27. The molecule has 0 radical (unpaired) electrons. The van der Waals surface area contributed by atoms with Crippen molar-refractivity contribution in [1.82, 2.24) is 9.97 Å². The van der Waals surface area contributed by atoms with E-state index in [-0.39, 0.29) is 0 Å². The molecule has 1 N–H and O–H groups in total. The molecule has 2 aromatic carbocycles.